The zero-order chi connectivity index (χ0) is 21.1. The van der Waals surface area contributed by atoms with E-state index in [-0.39, 0.29) is 22.0 Å². The van der Waals surface area contributed by atoms with Gasteiger partial charge < -0.3 is 10.1 Å². The first-order valence-corrected chi connectivity index (χ1v) is 10.5. The molecule has 0 aromatic heterocycles. The minimum atomic E-state index is -3.76. The maximum atomic E-state index is 12.5. The van der Waals surface area contributed by atoms with E-state index in [1.54, 1.807) is 19.1 Å². The van der Waals surface area contributed by atoms with Crippen LogP contribution in [0.3, 0.4) is 0 Å². The highest BCUT2D eigenvalue weighted by Gasteiger charge is 2.22. The Morgan fingerprint density at radius 3 is 2.36 bits per heavy atom. The molecule has 0 heterocycles. The molecule has 0 atom stereocenters. The number of nitrogens with zero attached hydrogens (tertiary/aromatic N) is 1. The summed E-state index contributed by atoms with van der Waals surface area (Å²) < 4.78 is 29.9. The number of nitrogens with one attached hydrogen (secondary N) is 1. The smallest absolute Gasteiger partial charge is 0.337 e. The highest BCUT2D eigenvalue weighted by molar-refractivity contribution is 7.92. The van der Waals surface area contributed by atoms with Gasteiger partial charge in [-0.1, -0.05) is 29.3 Å². The molecule has 0 saturated carbocycles. The number of amides is 1. The lowest BCUT2D eigenvalue weighted by atomic mass is 10.2. The second-order valence-electron chi connectivity index (χ2n) is 5.94. The van der Waals surface area contributed by atoms with Crippen LogP contribution in [0.4, 0.5) is 11.4 Å². The molecule has 0 spiro atoms. The number of rotatable bonds is 6. The van der Waals surface area contributed by atoms with E-state index in [0.29, 0.717) is 5.02 Å². The molecule has 150 valence electrons. The van der Waals surface area contributed by atoms with Gasteiger partial charge in [0.05, 0.1) is 35.3 Å². The van der Waals surface area contributed by atoms with Crippen molar-refractivity contribution < 1.29 is 22.7 Å². The Bertz CT molecular complexity index is 1020. The molecule has 2 aromatic rings. The number of halogens is 2. The van der Waals surface area contributed by atoms with Crippen LogP contribution in [0.1, 0.15) is 15.9 Å². The molecule has 0 bridgehead atoms. The number of benzene rings is 2. The van der Waals surface area contributed by atoms with Crippen molar-refractivity contribution in [2.75, 3.05) is 29.5 Å². The van der Waals surface area contributed by atoms with Crippen molar-refractivity contribution in [2.45, 2.75) is 6.92 Å². The highest BCUT2D eigenvalue weighted by Crippen LogP contribution is 2.26. The van der Waals surface area contributed by atoms with Crippen LogP contribution in [0.5, 0.6) is 0 Å². The number of sulfonamides is 1. The van der Waals surface area contributed by atoms with Gasteiger partial charge in [-0.25, -0.2) is 13.2 Å². The predicted molar refractivity (Wildman–Crippen MR) is 110 cm³/mol. The average molecular weight is 445 g/mol. The summed E-state index contributed by atoms with van der Waals surface area (Å²) in [6, 6.07) is 8.90. The fourth-order valence-electron chi connectivity index (χ4n) is 2.32. The lowest BCUT2D eigenvalue weighted by Crippen LogP contribution is -2.37. The van der Waals surface area contributed by atoms with Crippen LogP contribution in [-0.2, 0) is 19.6 Å². The minimum absolute atomic E-state index is 0.157. The van der Waals surface area contributed by atoms with E-state index < -0.39 is 28.4 Å². The molecule has 2 rings (SSSR count). The number of anilines is 2. The molecule has 28 heavy (non-hydrogen) atoms. The summed E-state index contributed by atoms with van der Waals surface area (Å²) in [5, 5.41) is 3.07. The van der Waals surface area contributed by atoms with Crippen molar-refractivity contribution in [1.29, 1.82) is 0 Å². The lowest BCUT2D eigenvalue weighted by Gasteiger charge is -2.22. The lowest BCUT2D eigenvalue weighted by molar-refractivity contribution is -0.114. The molecule has 0 aliphatic heterocycles. The van der Waals surface area contributed by atoms with Crippen LogP contribution in [0, 0.1) is 6.92 Å². The first-order chi connectivity index (χ1) is 13.0. The molecule has 0 saturated heterocycles. The summed E-state index contributed by atoms with van der Waals surface area (Å²) in [6.07, 6.45) is 0.985. The van der Waals surface area contributed by atoms with E-state index in [1.807, 2.05) is 0 Å². The van der Waals surface area contributed by atoms with Gasteiger partial charge in [0, 0.05) is 5.02 Å². The van der Waals surface area contributed by atoms with Crippen molar-refractivity contribution in [2.24, 2.45) is 0 Å². The first-order valence-electron chi connectivity index (χ1n) is 7.94. The molecule has 0 aliphatic rings. The van der Waals surface area contributed by atoms with Gasteiger partial charge in [-0.05, 0) is 42.8 Å². The fourth-order valence-corrected chi connectivity index (χ4v) is 3.51. The Kier molecular flexibility index (Phi) is 6.92. The largest absolute Gasteiger partial charge is 0.465 e. The molecule has 7 nitrogen and oxygen atoms in total. The summed E-state index contributed by atoms with van der Waals surface area (Å²) in [5.41, 5.74) is 1.37. The number of hydrogen-bond acceptors (Lipinski definition) is 5. The average Bonchev–Trinajstić information content (AvgIpc) is 2.62. The second kappa shape index (κ2) is 8.81. The maximum absolute atomic E-state index is 12.5. The summed E-state index contributed by atoms with van der Waals surface area (Å²) in [4.78, 5) is 24.1. The van der Waals surface area contributed by atoms with Gasteiger partial charge in [0.15, 0.2) is 0 Å². The first kappa shape index (κ1) is 22.0. The van der Waals surface area contributed by atoms with E-state index in [2.05, 4.69) is 10.1 Å². The van der Waals surface area contributed by atoms with E-state index >= 15 is 0 Å². The molecule has 10 heteroatoms. The normalized spacial score (nSPS) is 11.0. The summed E-state index contributed by atoms with van der Waals surface area (Å²) >= 11 is 12.1. The highest BCUT2D eigenvalue weighted by atomic mass is 35.5. The van der Waals surface area contributed by atoms with Gasteiger partial charge in [0.2, 0.25) is 15.9 Å². The monoisotopic (exact) mass is 444 g/mol. The van der Waals surface area contributed by atoms with Crippen LogP contribution in [0.15, 0.2) is 36.4 Å². The molecule has 0 aliphatic carbocycles. The molecular weight excluding hydrogens is 427 g/mol. The quantitative estimate of drug-likeness (QED) is 0.688. The maximum Gasteiger partial charge on any atom is 0.337 e. The molecule has 0 fully saturated rings. The molecule has 1 N–H and O–H groups in total. The van der Waals surface area contributed by atoms with Crippen molar-refractivity contribution in [3.63, 3.8) is 0 Å². The Hall–Kier alpha value is -2.29. The van der Waals surface area contributed by atoms with Gasteiger partial charge in [-0.15, -0.1) is 0 Å². The van der Waals surface area contributed by atoms with Crippen LogP contribution < -0.4 is 9.62 Å². The van der Waals surface area contributed by atoms with Crippen molar-refractivity contribution in [3.05, 3.63) is 57.6 Å². The topological polar surface area (TPSA) is 92.8 Å². The minimum Gasteiger partial charge on any atom is -0.465 e. The Morgan fingerprint density at radius 1 is 1.11 bits per heavy atom. The van der Waals surface area contributed by atoms with Gasteiger partial charge in [-0.2, -0.15) is 0 Å². The van der Waals surface area contributed by atoms with Gasteiger partial charge in [0.25, 0.3) is 0 Å². The SMILES string of the molecule is COC(=O)c1ccc(Cl)c(NC(=O)CN(c2ccc(C)c(Cl)c2)S(C)(=O)=O)c1. The predicted octanol–water partition coefficient (Wildman–Crippen LogP) is 3.49. The van der Waals surface area contributed by atoms with Gasteiger partial charge >= 0.3 is 5.97 Å². The molecule has 2 aromatic carbocycles. The number of hydrogen-bond donors (Lipinski definition) is 1. The standard InChI is InChI=1S/C18H18Cl2N2O5S/c1-11-4-6-13(9-15(11)20)22(28(3,25)26)10-17(23)21-16-8-12(18(24)27-2)5-7-14(16)19/h4-9H,10H2,1-3H3,(H,21,23). The fraction of sp³-hybridized carbons (Fsp3) is 0.222. The summed E-state index contributed by atoms with van der Waals surface area (Å²) in [7, 11) is -2.54. The van der Waals surface area contributed by atoms with Gasteiger partial charge in [0.1, 0.15) is 6.54 Å². The van der Waals surface area contributed by atoms with Crippen LogP contribution >= 0.6 is 23.2 Å². The number of esters is 1. The zero-order valence-corrected chi connectivity index (χ0v) is 17.7. The third-order valence-electron chi connectivity index (χ3n) is 3.79. The Labute approximate surface area is 173 Å². The number of ether oxygens (including phenoxy) is 1. The van der Waals surface area contributed by atoms with E-state index in [0.717, 1.165) is 16.1 Å². The van der Waals surface area contributed by atoms with Gasteiger partial charge in [-0.3, -0.25) is 9.10 Å². The molecular formula is C18H18Cl2N2O5S. The summed E-state index contributed by atoms with van der Waals surface area (Å²) in [5.74, 6) is -1.25. The molecule has 0 unspecified atom stereocenters. The van der Waals surface area contributed by atoms with Crippen LogP contribution in [0.25, 0.3) is 0 Å². The van der Waals surface area contributed by atoms with E-state index in [1.165, 1.54) is 31.4 Å². The number of carbonyl (C=O) groups is 2. The van der Waals surface area contributed by atoms with E-state index in [4.69, 9.17) is 23.2 Å². The van der Waals surface area contributed by atoms with Crippen molar-refractivity contribution in [3.8, 4) is 0 Å². The van der Waals surface area contributed by atoms with Crippen molar-refractivity contribution in [1.82, 2.24) is 0 Å². The number of methoxy groups -OCH3 is 1. The Morgan fingerprint density at radius 2 is 1.79 bits per heavy atom. The second-order valence-corrected chi connectivity index (χ2v) is 8.66. The van der Waals surface area contributed by atoms with Crippen molar-refractivity contribution >= 4 is 56.5 Å². The third kappa shape index (κ3) is 5.37. The number of aryl methyl sites for hydroxylation is 1. The summed E-state index contributed by atoms with van der Waals surface area (Å²) in [6.45, 7) is 1.27. The Balaban J connectivity index is 2.28. The van der Waals surface area contributed by atoms with Crippen LogP contribution in [0.2, 0.25) is 10.0 Å². The molecule has 0 radical (unpaired) electrons. The number of carbonyl (C=O) groups excluding carboxylic acids is 2. The van der Waals surface area contributed by atoms with E-state index in [9.17, 15) is 18.0 Å². The zero-order valence-electron chi connectivity index (χ0n) is 15.3. The van der Waals surface area contributed by atoms with Crippen LogP contribution in [-0.4, -0.2) is 40.2 Å². The molecule has 1 amide bonds. The third-order valence-corrected chi connectivity index (χ3v) is 5.67.